The van der Waals surface area contributed by atoms with Gasteiger partial charge in [-0.25, -0.2) is 8.78 Å². The van der Waals surface area contributed by atoms with E-state index in [1.807, 2.05) is 0 Å². The Morgan fingerprint density at radius 3 is 2.06 bits per heavy atom. The molecule has 3 N–H and O–H groups in total. The van der Waals surface area contributed by atoms with Crippen molar-refractivity contribution in [2.45, 2.75) is 18.9 Å². The molecule has 0 aromatic heterocycles. The number of aromatic hydroxyl groups is 1. The highest BCUT2D eigenvalue weighted by molar-refractivity contribution is 5.51. The van der Waals surface area contributed by atoms with Gasteiger partial charge in [0.25, 0.3) is 0 Å². The number of hydrogen-bond acceptors (Lipinski definition) is 4. The van der Waals surface area contributed by atoms with Crippen molar-refractivity contribution < 1.29 is 23.4 Å². The van der Waals surface area contributed by atoms with Crippen molar-refractivity contribution in [2.24, 2.45) is 5.73 Å². The molecular weight excluding hydrogens is 232 g/mol. The number of hydrogen-bond donors (Lipinski definition) is 2. The third kappa shape index (κ3) is 3.20. The number of rotatable bonds is 5. The number of phenolic OH excluding ortho intramolecular Hbond substituents is 1. The number of alkyl halides is 2. The van der Waals surface area contributed by atoms with Crippen LogP contribution in [0.25, 0.3) is 0 Å². The van der Waals surface area contributed by atoms with E-state index in [9.17, 15) is 13.9 Å². The van der Waals surface area contributed by atoms with Crippen molar-refractivity contribution in [3.63, 3.8) is 0 Å². The third-order valence-electron chi connectivity index (χ3n) is 2.33. The summed E-state index contributed by atoms with van der Waals surface area (Å²) in [5.41, 5.74) is 6.00. The molecule has 17 heavy (non-hydrogen) atoms. The van der Waals surface area contributed by atoms with Crippen LogP contribution in [0.2, 0.25) is 0 Å². The molecule has 1 aromatic rings. The van der Waals surface area contributed by atoms with Crippen LogP contribution in [0.3, 0.4) is 0 Å². The minimum absolute atomic E-state index is 0.0771. The summed E-state index contributed by atoms with van der Waals surface area (Å²) < 4.78 is 34.6. The highest BCUT2D eigenvalue weighted by Gasteiger charge is 2.22. The predicted octanol–water partition coefficient (Wildman–Crippen LogP) is 2.06. The largest absolute Gasteiger partial charge is 0.508 e. The maximum Gasteiger partial charge on any atom is 0.240 e. The zero-order valence-electron chi connectivity index (χ0n) is 9.61. The lowest BCUT2D eigenvalue weighted by Crippen LogP contribution is -2.16. The topological polar surface area (TPSA) is 64.7 Å². The first-order chi connectivity index (χ1) is 7.99. The van der Waals surface area contributed by atoms with Crippen LogP contribution < -0.4 is 15.2 Å². The first kappa shape index (κ1) is 13.5. The zero-order chi connectivity index (χ0) is 13.0. The Morgan fingerprint density at radius 1 is 1.24 bits per heavy atom. The Labute approximate surface area is 97.9 Å². The van der Waals surface area contributed by atoms with Gasteiger partial charge in [-0.2, -0.15) is 0 Å². The summed E-state index contributed by atoms with van der Waals surface area (Å²) in [6.45, 7) is 0. The molecule has 0 unspecified atom stereocenters. The molecule has 96 valence electrons. The fourth-order valence-corrected chi connectivity index (χ4v) is 1.60. The summed E-state index contributed by atoms with van der Waals surface area (Å²) in [5.74, 6) is 0.386. The van der Waals surface area contributed by atoms with Crippen LogP contribution in [0.5, 0.6) is 17.2 Å². The molecule has 0 radical (unpaired) electrons. The Hall–Kier alpha value is -1.56. The predicted molar refractivity (Wildman–Crippen MR) is 58.8 cm³/mol. The second kappa shape index (κ2) is 5.67. The fourth-order valence-electron chi connectivity index (χ4n) is 1.60. The molecule has 1 rings (SSSR count). The van der Waals surface area contributed by atoms with Gasteiger partial charge in [0.2, 0.25) is 6.43 Å². The Morgan fingerprint density at radius 2 is 1.71 bits per heavy atom. The lowest BCUT2D eigenvalue weighted by atomic mass is 10.0. The fraction of sp³-hybridized carbons (Fsp3) is 0.455. The third-order valence-corrected chi connectivity index (χ3v) is 2.33. The van der Waals surface area contributed by atoms with Crippen molar-refractivity contribution in [1.29, 1.82) is 0 Å². The summed E-state index contributed by atoms with van der Waals surface area (Å²) in [6, 6.07) is 1.70. The van der Waals surface area contributed by atoms with Gasteiger partial charge >= 0.3 is 0 Å². The molecule has 0 saturated heterocycles. The van der Waals surface area contributed by atoms with Crippen LogP contribution in [-0.4, -0.2) is 25.8 Å². The van der Waals surface area contributed by atoms with Crippen molar-refractivity contribution in [3.05, 3.63) is 17.7 Å². The molecule has 0 amide bonds. The van der Waals surface area contributed by atoms with Gasteiger partial charge < -0.3 is 20.3 Å². The smallest absolute Gasteiger partial charge is 0.240 e. The summed E-state index contributed by atoms with van der Waals surface area (Å²) in [6.07, 6.45) is -3.02. The lowest BCUT2D eigenvalue weighted by Gasteiger charge is -2.19. The monoisotopic (exact) mass is 247 g/mol. The number of phenols is 1. The molecular formula is C11H15F2NO3. The number of nitrogens with two attached hydrogens (primary N) is 1. The summed E-state index contributed by atoms with van der Waals surface area (Å²) in [4.78, 5) is 0. The standard InChI is InChI=1S/C11H15F2NO3/c1-16-8-3-6(15)4-9(17-2)11(8)7(14)5-10(12)13/h3-4,7,10,15H,5,14H2,1-2H3/t7-/m1/s1. The normalized spacial score (nSPS) is 12.6. The molecule has 0 fully saturated rings. The minimum Gasteiger partial charge on any atom is -0.508 e. The molecule has 6 heteroatoms. The number of halogens is 2. The molecule has 0 heterocycles. The van der Waals surface area contributed by atoms with Gasteiger partial charge in [-0.05, 0) is 0 Å². The summed E-state index contributed by atoms with van der Waals surface area (Å²) in [5, 5.41) is 9.40. The number of benzene rings is 1. The van der Waals surface area contributed by atoms with Gasteiger partial charge in [-0.3, -0.25) is 0 Å². The van der Waals surface area contributed by atoms with Crippen LogP contribution in [-0.2, 0) is 0 Å². The SMILES string of the molecule is COc1cc(O)cc(OC)c1[C@H](N)CC(F)F. The minimum atomic E-state index is -2.52. The van der Waals surface area contributed by atoms with E-state index < -0.39 is 18.9 Å². The lowest BCUT2D eigenvalue weighted by molar-refractivity contribution is 0.127. The molecule has 0 aliphatic heterocycles. The number of methoxy groups -OCH3 is 2. The Bertz CT molecular complexity index is 360. The van der Waals surface area contributed by atoms with Gasteiger partial charge in [0.15, 0.2) is 0 Å². The van der Waals surface area contributed by atoms with E-state index in [1.165, 1.54) is 26.4 Å². The highest BCUT2D eigenvalue weighted by atomic mass is 19.3. The Kier molecular flexibility index (Phi) is 4.51. The van der Waals surface area contributed by atoms with E-state index in [-0.39, 0.29) is 17.2 Å². The molecule has 0 spiro atoms. The average molecular weight is 247 g/mol. The number of ether oxygens (including phenoxy) is 2. The Balaban J connectivity index is 3.18. The van der Waals surface area contributed by atoms with E-state index in [0.29, 0.717) is 5.56 Å². The van der Waals surface area contributed by atoms with E-state index in [0.717, 1.165) is 0 Å². The summed E-state index contributed by atoms with van der Waals surface area (Å²) >= 11 is 0. The second-order valence-corrected chi connectivity index (χ2v) is 3.50. The van der Waals surface area contributed by atoms with Gasteiger partial charge in [0.05, 0.1) is 19.8 Å². The van der Waals surface area contributed by atoms with Gasteiger partial charge in [-0.15, -0.1) is 0 Å². The molecule has 0 saturated carbocycles. The van der Waals surface area contributed by atoms with Crippen molar-refractivity contribution in [3.8, 4) is 17.2 Å². The van der Waals surface area contributed by atoms with Gasteiger partial charge in [0, 0.05) is 24.6 Å². The van der Waals surface area contributed by atoms with Crippen LogP contribution in [0.1, 0.15) is 18.0 Å². The first-order valence-electron chi connectivity index (χ1n) is 4.98. The molecule has 0 aliphatic rings. The van der Waals surface area contributed by atoms with Gasteiger partial charge in [0.1, 0.15) is 17.2 Å². The average Bonchev–Trinajstić information content (AvgIpc) is 2.26. The molecule has 0 bridgehead atoms. The van der Waals surface area contributed by atoms with Crippen molar-refractivity contribution in [1.82, 2.24) is 0 Å². The van der Waals surface area contributed by atoms with E-state index in [4.69, 9.17) is 15.2 Å². The highest BCUT2D eigenvalue weighted by Crippen LogP contribution is 2.38. The molecule has 4 nitrogen and oxygen atoms in total. The second-order valence-electron chi connectivity index (χ2n) is 3.50. The maximum atomic E-state index is 12.3. The molecule has 1 atom stereocenters. The van der Waals surface area contributed by atoms with E-state index in [1.54, 1.807) is 0 Å². The van der Waals surface area contributed by atoms with Crippen LogP contribution in [0, 0.1) is 0 Å². The van der Waals surface area contributed by atoms with E-state index >= 15 is 0 Å². The van der Waals surface area contributed by atoms with E-state index in [2.05, 4.69) is 0 Å². The first-order valence-corrected chi connectivity index (χ1v) is 4.98. The van der Waals surface area contributed by atoms with Crippen LogP contribution in [0.4, 0.5) is 8.78 Å². The van der Waals surface area contributed by atoms with Crippen molar-refractivity contribution >= 4 is 0 Å². The molecule has 0 aliphatic carbocycles. The zero-order valence-corrected chi connectivity index (χ0v) is 9.61. The summed E-state index contributed by atoms with van der Waals surface area (Å²) in [7, 11) is 2.74. The van der Waals surface area contributed by atoms with Crippen LogP contribution >= 0.6 is 0 Å². The van der Waals surface area contributed by atoms with Crippen LogP contribution in [0.15, 0.2) is 12.1 Å². The quantitative estimate of drug-likeness (QED) is 0.836. The maximum absolute atomic E-state index is 12.3. The van der Waals surface area contributed by atoms with Crippen molar-refractivity contribution in [2.75, 3.05) is 14.2 Å². The molecule has 1 aromatic carbocycles. The van der Waals surface area contributed by atoms with Gasteiger partial charge in [-0.1, -0.05) is 0 Å².